The number of rotatable bonds is 6. The van der Waals surface area contributed by atoms with Gasteiger partial charge in [0.05, 0.1) is 17.5 Å². The standard InChI is InChI=1S/C37H40F3N5O6/c1-19-16-44(17-20(2)45(19)35(48)51-36(3,4)5)18-22-7-6-21(14-26(22)37(38,39)40)34(47)43-31-30-25-15-23(8-10-27(25)50-32(30)31)49-28-12-13-41-33-24(28)9-11-29(46)42-33/h6-8,10,12-15,19-20,30-32H,9,11,16-18H2,1-5H3,(H,43,47)(H,41,42,46)/t19?,20?,30-,31+,32-/m0/s1. The number of anilines is 1. The lowest BCUT2D eigenvalue weighted by molar-refractivity contribution is -0.138. The molecule has 0 bridgehead atoms. The smallest absolute Gasteiger partial charge is 0.416 e. The third-order valence-electron chi connectivity index (χ3n) is 9.63. The van der Waals surface area contributed by atoms with Gasteiger partial charge in [-0.1, -0.05) is 6.07 Å². The molecular formula is C37H40F3N5O6. The Labute approximate surface area is 293 Å². The molecule has 0 spiro atoms. The molecule has 11 nitrogen and oxygen atoms in total. The van der Waals surface area contributed by atoms with Crippen LogP contribution in [0.2, 0.25) is 0 Å². The Hall–Kier alpha value is -4.85. The van der Waals surface area contributed by atoms with E-state index in [0.717, 1.165) is 17.2 Å². The monoisotopic (exact) mass is 707 g/mol. The maximum absolute atomic E-state index is 14.4. The number of carbonyl (C=O) groups is 3. The van der Waals surface area contributed by atoms with E-state index in [1.165, 1.54) is 12.1 Å². The minimum atomic E-state index is -4.69. The van der Waals surface area contributed by atoms with Crippen LogP contribution in [-0.2, 0) is 28.7 Å². The molecule has 5 atom stereocenters. The molecule has 3 aromatic rings. The van der Waals surface area contributed by atoms with Crippen LogP contribution in [0.1, 0.15) is 79.6 Å². The van der Waals surface area contributed by atoms with Gasteiger partial charge in [0.25, 0.3) is 5.91 Å². The second-order valence-corrected chi connectivity index (χ2v) is 14.7. The number of pyridine rings is 1. The van der Waals surface area contributed by atoms with Crippen molar-refractivity contribution in [3.63, 3.8) is 0 Å². The van der Waals surface area contributed by atoms with Crippen LogP contribution < -0.4 is 20.1 Å². The summed E-state index contributed by atoms with van der Waals surface area (Å²) in [5.41, 5.74) is 0.0520. The molecule has 2 fully saturated rings. The summed E-state index contributed by atoms with van der Waals surface area (Å²) in [6.45, 7) is 9.80. The summed E-state index contributed by atoms with van der Waals surface area (Å²) in [6.07, 6.45) is -3.08. The first kappa shape index (κ1) is 34.6. The lowest BCUT2D eigenvalue weighted by Gasteiger charge is -2.44. The molecule has 4 aliphatic rings. The van der Waals surface area contributed by atoms with Crippen LogP contribution in [0.25, 0.3) is 0 Å². The van der Waals surface area contributed by atoms with E-state index in [-0.39, 0.29) is 47.7 Å². The predicted octanol–water partition coefficient (Wildman–Crippen LogP) is 6.26. The summed E-state index contributed by atoms with van der Waals surface area (Å²) in [5.74, 6) is 1.35. The van der Waals surface area contributed by atoms with Gasteiger partial charge in [0.15, 0.2) is 0 Å². The summed E-state index contributed by atoms with van der Waals surface area (Å²) >= 11 is 0. The number of ether oxygens (including phenoxy) is 3. The highest BCUT2D eigenvalue weighted by Gasteiger charge is 2.60. The van der Waals surface area contributed by atoms with Crippen molar-refractivity contribution in [3.8, 4) is 17.2 Å². The predicted molar refractivity (Wildman–Crippen MR) is 180 cm³/mol. The zero-order valence-electron chi connectivity index (χ0n) is 29.0. The fourth-order valence-electron chi connectivity index (χ4n) is 7.39. The van der Waals surface area contributed by atoms with Crippen molar-refractivity contribution in [2.24, 2.45) is 0 Å². The van der Waals surface area contributed by atoms with E-state index < -0.39 is 35.4 Å². The molecule has 2 unspecified atom stereocenters. The zero-order chi connectivity index (χ0) is 36.4. The molecule has 14 heteroatoms. The van der Waals surface area contributed by atoms with E-state index in [1.807, 2.05) is 24.8 Å². The fraction of sp³-hybridized carbons (Fsp3) is 0.459. The molecular weight excluding hydrogens is 667 g/mol. The fourth-order valence-corrected chi connectivity index (χ4v) is 7.39. The van der Waals surface area contributed by atoms with Gasteiger partial charge in [0, 0.05) is 61.0 Å². The number of carbonyl (C=O) groups excluding carboxylic acids is 3. The van der Waals surface area contributed by atoms with Crippen LogP contribution in [0.3, 0.4) is 0 Å². The molecule has 270 valence electrons. The molecule has 1 aliphatic carbocycles. The second kappa shape index (κ2) is 12.7. The van der Waals surface area contributed by atoms with E-state index in [4.69, 9.17) is 14.2 Å². The van der Waals surface area contributed by atoms with E-state index in [1.54, 1.807) is 50.1 Å². The molecule has 7 rings (SSSR count). The molecule has 2 N–H and O–H groups in total. The van der Waals surface area contributed by atoms with Gasteiger partial charge in [-0.3, -0.25) is 14.5 Å². The van der Waals surface area contributed by atoms with Crippen LogP contribution in [0.15, 0.2) is 48.7 Å². The molecule has 3 aliphatic heterocycles. The van der Waals surface area contributed by atoms with E-state index in [2.05, 4.69) is 15.6 Å². The average molecular weight is 708 g/mol. The maximum atomic E-state index is 14.4. The van der Waals surface area contributed by atoms with Gasteiger partial charge in [-0.2, -0.15) is 13.2 Å². The Morgan fingerprint density at radius 1 is 1.04 bits per heavy atom. The number of nitrogens with one attached hydrogen (secondary N) is 2. The van der Waals surface area contributed by atoms with Crippen molar-refractivity contribution in [1.82, 2.24) is 20.1 Å². The highest BCUT2D eigenvalue weighted by molar-refractivity contribution is 5.95. The average Bonchev–Trinajstić information content (AvgIpc) is 3.55. The number of hydrogen-bond donors (Lipinski definition) is 2. The molecule has 1 saturated carbocycles. The first-order valence-electron chi connectivity index (χ1n) is 17.1. The maximum Gasteiger partial charge on any atom is 0.416 e. The summed E-state index contributed by atoms with van der Waals surface area (Å²) in [7, 11) is 0. The van der Waals surface area contributed by atoms with Crippen LogP contribution >= 0.6 is 0 Å². The Morgan fingerprint density at radius 3 is 2.49 bits per heavy atom. The Balaban J connectivity index is 1.01. The molecule has 51 heavy (non-hydrogen) atoms. The first-order chi connectivity index (χ1) is 24.1. The van der Waals surface area contributed by atoms with E-state index >= 15 is 0 Å². The van der Waals surface area contributed by atoms with E-state index in [0.29, 0.717) is 49.0 Å². The number of piperazine rings is 1. The lowest BCUT2D eigenvalue weighted by atomic mass is 10.0. The topological polar surface area (TPSA) is 122 Å². The number of amides is 3. The number of nitrogens with zero attached hydrogens (tertiary/aromatic N) is 3. The molecule has 1 saturated heterocycles. The van der Waals surface area contributed by atoms with E-state index in [9.17, 15) is 27.6 Å². The molecule has 1 aromatic heterocycles. The highest BCUT2D eigenvalue weighted by Crippen LogP contribution is 2.55. The van der Waals surface area contributed by atoms with Crippen LogP contribution in [0.5, 0.6) is 17.2 Å². The second-order valence-electron chi connectivity index (χ2n) is 14.7. The van der Waals surface area contributed by atoms with Gasteiger partial charge >= 0.3 is 12.3 Å². The van der Waals surface area contributed by atoms with Gasteiger partial charge in [-0.15, -0.1) is 0 Å². The van der Waals surface area contributed by atoms with Gasteiger partial charge in [-0.25, -0.2) is 9.78 Å². The lowest BCUT2D eigenvalue weighted by Crippen LogP contribution is -2.59. The molecule has 4 heterocycles. The summed E-state index contributed by atoms with van der Waals surface area (Å²) in [4.78, 5) is 45.7. The van der Waals surface area contributed by atoms with Crippen molar-refractivity contribution in [3.05, 3.63) is 76.5 Å². The summed E-state index contributed by atoms with van der Waals surface area (Å²) in [5, 5.41) is 5.62. The quantitative estimate of drug-likeness (QED) is 0.308. The van der Waals surface area contributed by atoms with Crippen LogP contribution in [-0.4, -0.2) is 75.6 Å². The zero-order valence-corrected chi connectivity index (χ0v) is 29.0. The van der Waals surface area contributed by atoms with Gasteiger partial charge in [0.1, 0.15) is 34.8 Å². The van der Waals surface area contributed by atoms with Crippen molar-refractivity contribution >= 4 is 23.7 Å². The van der Waals surface area contributed by atoms with Gasteiger partial charge < -0.3 is 29.7 Å². The third kappa shape index (κ3) is 7.06. The summed E-state index contributed by atoms with van der Waals surface area (Å²) in [6, 6.07) is 9.85. The number of aromatic nitrogens is 1. The highest BCUT2D eigenvalue weighted by atomic mass is 19.4. The number of benzene rings is 2. The Bertz CT molecular complexity index is 1880. The van der Waals surface area contributed by atoms with Crippen molar-refractivity contribution < 1.29 is 41.8 Å². The third-order valence-corrected chi connectivity index (χ3v) is 9.63. The SMILES string of the molecule is CC1CN(Cc2ccc(C(=O)N[C@H]3[C@H]4Oc5ccc(Oc6ccnc7c6CCC(=O)N7)cc5[C@@H]34)cc2C(F)(F)F)CC(C)N1C(=O)OC(C)(C)C. The largest absolute Gasteiger partial charge is 0.487 e. The Morgan fingerprint density at radius 2 is 1.78 bits per heavy atom. The first-order valence-corrected chi connectivity index (χ1v) is 17.1. The van der Waals surface area contributed by atoms with Crippen molar-refractivity contribution in [2.45, 2.75) is 95.9 Å². The minimum Gasteiger partial charge on any atom is -0.487 e. The number of halogens is 3. The number of alkyl halides is 3. The van der Waals surface area contributed by atoms with Crippen LogP contribution in [0, 0.1) is 0 Å². The van der Waals surface area contributed by atoms with Gasteiger partial charge in [-0.05, 0) is 83.0 Å². The van der Waals surface area contributed by atoms with Gasteiger partial charge in [0.2, 0.25) is 5.91 Å². The Kier molecular flexibility index (Phi) is 8.63. The summed E-state index contributed by atoms with van der Waals surface area (Å²) < 4.78 is 60.9. The van der Waals surface area contributed by atoms with Crippen molar-refractivity contribution in [1.29, 1.82) is 0 Å². The normalized spacial score (nSPS) is 24.0. The molecule has 0 radical (unpaired) electrons. The van der Waals surface area contributed by atoms with Crippen molar-refractivity contribution in [2.75, 3.05) is 18.4 Å². The molecule has 3 amide bonds. The minimum absolute atomic E-state index is 0.00627. The van der Waals surface area contributed by atoms with Crippen LogP contribution in [0.4, 0.5) is 23.8 Å². The number of hydrogen-bond acceptors (Lipinski definition) is 8. The number of fused-ring (bicyclic) bond motifs is 4. The molecule has 2 aromatic carbocycles.